The number of aliphatic hydroxyl groups excluding tert-OH is 3. The second kappa shape index (κ2) is 39.1. The number of aromatic amines is 3. The number of aliphatic hydroxyl groups is 3. The smallest absolute Gasteiger partial charge is 0.242 e. The predicted octanol–water partition coefficient (Wildman–Crippen LogP) is 17.3. The van der Waals surface area contributed by atoms with Crippen LogP contribution in [0.2, 0.25) is 15.1 Å². The highest BCUT2D eigenvalue weighted by atomic mass is 79.9. The lowest BCUT2D eigenvalue weighted by Crippen LogP contribution is -2.57. The van der Waals surface area contributed by atoms with Crippen molar-refractivity contribution in [1.82, 2.24) is 55.0 Å². The maximum Gasteiger partial charge on any atom is 0.242 e. The van der Waals surface area contributed by atoms with Gasteiger partial charge in [0.2, 0.25) is 41.4 Å². The quantitative estimate of drug-likeness (QED) is 0.0296. The van der Waals surface area contributed by atoms with Crippen molar-refractivity contribution in [2.24, 2.45) is 0 Å². The van der Waals surface area contributed by atoms with E-state index in [4.69, 9.17) is 34.8 Å². The number of carbonyl (C=O) groups is 7. The van der Waals surface area contributed by atoms with Crippen LogP contribution in [0.5, 0.6) is 0 Å². The number of benzene rings is 9. The number of piperazine rings is 2. The Kier molecular flexibility index (Phi) is 28.4. The van der Waals surface area contributed by atoms with Gasteiger partial charge >= 0.3 is 0 Å². The van der Waals surface area contributed by atoms with Crippen molar-refractivity contribution < 1.29 is 48.9 Å². The topological polar surface area (TPSA) is 271 Å². The summed E-state index contributed by atoms with van der Waals surface area (Å²) in [6, 6.07) is 62.7. The molecule has 0 saturated carbocycles. The molecule has 0 aliphatic carbocycles. The number of nitrogens with zero attached hydrogens (tertiary/aromatic N) is 6. The molecule has 5 fully saturated rings. The number of nitrogens with one attached hydrogen (secondary N) is 5. The summed E-state index contributed by atoms with van der Waals surface area (Å²) >= 11 is 33.7. The average Bonchev–Trinajstić information content (AvgIpc) is 1.57. The lowest BCUT2D eigenvalue weighted by Gasteiger charge is -2.42. The van der Waals surface area contributed by atoms with Crippen LogP contribution in [-0.2, 0) is 53.2 Å². The molecule has 17 rings (SSSR count). The van der Waals surface area contributed by atoms with Crippen LogP contribution in [0.4, 0.5) is 0 Å². The molecule has 5 aliphatic heterocycles. The van der Waals surface area contributed by atoms with Gasteiger partial charge in [0, 0.05) is 183 Å². The van der Waals surface area contributed by atoms with Crippen LogP contribution in [0.25, 0.3) is 32.7 Å². The summed E-state index contributed by atoms with van der Waals surface area (Å²) < 4.78 is -0.745. The van der Waals surface area contributed by atoms with Gasteiger partial charge in [0.05, 0.1) is 63.3 Å². The molecular formula is C94H91Br3Cl3N11O10S3. The fourth-order valence-corrected chi connectivity index (χ4v) is 22.9. The molecule has 124 heavy (non-hydrogen) atoms. The van der Waals surface area contributed by atoms with Crippen molar-refractivity contribution in [3.05, 3.63) is 297 Å². The van der Waals surface area contributed by atoms with Crippen molar-refractivity contribution in [2.75, 3.05) is 72.1 Å². The van der Waals surface area contributed by atoms with Crippen molar-refractivity contribution in [3.8, 4) is 0 Å². The number of amides is 7. The zero-order valence-electron chi connectivity index (χ0n) is 68.0. The third kappa shape index (κ3) is 19.6. The first-order chi connectivity index (χ1) is 59.7. The molecule has 7 atom stereocenters. The molecule has 5 aliphatic rings. The molecule has 642 valence electrons. The van der Waals surface area contributed by atoms with Crippen LogP contribution >= 0.6 is 118 Å². The first-order valence-corrected chi connectivity index (χ1v) is 46.6. The maximum atomic E-state index is 15.0. The molecule has 8 N–H and O–H groups in total. The van der Waals surface area contributed by atoms with Crippen LogP contribution in [0, 0.1) is 20.8 Å². The zero-order chi connectivity index (χ0) is 87.3. The fraction of sp³-hybridized carbons (Fsp3) is 0.287. The van der Waals surface area contributed by atoms with E-state index in [1.54, 1.807) is 15.9 Å². The van der Waals surface area contributed by atoms with E-state index in [0.717, 1.165) is 111 Å². The Balaban J connectivity index is 0.000000144. The van der Waals surface area contributed by atoms with E-state index in [1.807, 2.05) is 248 Å². The number of hydrogen-bond acceptors (Lipinski definition) is 14. The number of halogens is 6. The standard InChI is InChI=1S/C33H34BrClN4O3S.C31H28BrClN4O3S.C30H29BrClN3O4S/c1-22-2-9-26(10-3-22)43-33(32(42)38-14-12-37(13-15-38)16-17-40)19-30(41)39(21-23-4-6-24(34)7-5-23)31(33)28-20-36-29-18-25(35)8-11-27(28)29;1-19-2-9-23(10-3-19)41-31(30(40)36-13-12-34-27(38)18-36)15-28(39)37(17-20-4-6-21(32)7-5-20)29(31)25-16-35-26-14-22(33)8-11-24(25)26;1-18-2-9-23(10-3-18)40-30(29(39)34-14-22(37)17-36)13-27(38)35(16-19-4-6-20(31)7-5-19)28(30)25-15-33-26-12-21(32)8-11-24(25)26/h2-11,18,20,31,36,40H,12-17,19,21H2,1H3;2-11,14,16,29,35H,12-13,15,17-18H2,1H3,(H,34,38);2-12,15,22,28,33,36-37H,13-14,16-17H2,1H3,(H,34,39)/t31-,33-;29-,31-;22?,28-,30-/m000/s1. The highest BCUT2D eigenvalue weighted by molar-refractivity contribution is 9.11. The van der Waals surface area contributed by atoms with Gasteiger partial charge in [-0.2, -0.15) is 0 Å². The van der Waals surface area contributed by atoms with E-state index in [-0.39, 0.29) is 80.3 Å². The van der Waals surface area contributed by atoms with E-state index < -0.39 is 45.1 Å². The number of H-pyrrole nitrogens is 3. The van der Waals surface area contributed by atoms with Crippen molar-refractivity contribution in [3.63, 3.8) is 0 Å². The van der Waals surface area contributed by atoms with E-state index in [2.05, 4.69) is 78.3 Å². The Morgan fingerprint density at radius 3 is 1.17 bits per heavy atom. The minimum atomic E-state index is -1.27. The SMILES string of the molecule is Cc1ccc(S[C@@]2(C(=O)N3CCN(CCO)CC3)CC(=O)N(Cc3ccc(Br)cc3)[C@H]2c2c[nH]c3cc(Cl)ccc23)cc1.Cc1ccc(S[C@@]2(C(=O)N3CCNC(=O)C3)CC(=O)N(Cc3ccc(Br)cc3)[C@H]2c2c[nH]c3cc(Cl)ccc23)cc1.Cc1ccc(S[C@@]2(C(=O)NCC(O)CO)CC(=O)N(Cc3ccc(Br)cc3)[C@H]2c2c[nH]c3cc(Cl)ccc23)cc1. The normalized spacial score (nSPS) is 20.7. The Morgan fingerprint density at radius 1 is 0.468 bits per heavy atom. The Labute approximate surface area is 771 Å². The molecule has 0 bridgehead atoms. The van der Waals surface area contributed by atoms with Crippen LogP contribution in [0.15, 0.2) is 247 Å². The second-order valence-corrected chi connectivity index (χ2v) is 40.1. The Morgan fingerprint density at radius 2 is 0.815 bits per heavy atom. The van der Waals surface area contributed by atoms with Gasteiger partial charge in [0.1, 0.15) is 14.2 Å². The minimum absolute atomic E-state index is 0.00392. The summed E-state index contributed by atoms with van der Waals surface area (Å²) in [5, 5.41) is 39.0. The summed E-state index contributed by atoms with van der Waals surface area (Å²) in [6.45, 7) is 10.3. The van der Waals surface area contributed by atoms with Crippen LogP contribution in [0.1, 0.15) is 87.5 Å². The van der Waals surface area contributed by atoms with E-state index in [0.29, 0.717) is 80.5 Å². The maximum absolute atomic E-state index is 15.0. The highest BCUT2D eigenvalue weighted by Gasteiger charge is 2.63. The molecule has 21 nitrogen and oxygen atoms in total. The number of hydrogen-bond donors (Lipinski definition) is 8. The van der Waals surface area contributed by atoms with E-state index >= 15 is 0 Å². The van der Waals surface area contributed by atoms with Crippen LogP contribution in [-0.4, -0.2) is 193 Å². The number of thioether (sulfide) groups is 3. The van der Waals surface area contributed by atoms with Crippen molar-refractivity contribution in [2.45, 2.75) is 113 Å². The molecule has 1 unspecified atom stereocenters. The lowest BCUT2D eigenvalue weighted by molar-refractivity contribution is -0.140. The molecule has 0 spiro atoms. The molecule has 12 aromatic rings. The summed E-state index contributed by atoms with van der Waals surface area (Å²) in [5.41, 5.74) is 11.2. The number of aryl methyl sites for hydroxylation is 3. The number of carbonyl (C=O) groups excluding carboxylic acids is 7. The number of rotatable bonds is 23. The molecule has 8 heterocycles. The predicted molar refractivity (Wildman–Crippen MR) is 501 cm³/mol. The second-order valence-electron chi connectivity index (χ2n) is 31.9. The first kappa shape index (κ1) is 89.9. The highest BCUT2D eigenvalue weighted by Crippen LogP contribution is 2.59. The third-order valence-electron chi connectivity index (χ3n) is 23.4. The summed E-state index contributed by atoms with van der Waals surface area (Å²) in [4.78, 5) is 122. The molecule has 30 heteroatoms. The van der Waals surface area contributed by atoms with Gasteiger partial charge in [-0.3, -0.25) is 38.5 Å². The Bertz CT molecular complexity index is 5930. The van der Waals surface area contributed by atoms with Gasteiger partial charge in [0.25, 0.3) is 0 Å². The average molecular weight is 1980 g/mol. The number of fused-ring (bicyclic) bond motifs is 3. The summed E-state index contributed by atoms with van der Waals surface area (Å²) in [7, 11) is 0. The van der Waals surface area contributed by atoms with Gasteiger partial charge in [-0.15, -0.1) is 35.3 Å². The molecule has 9 aromatic carbocycles. The van der Waals surface area contributed by atoms with Gasteiger partial charge in [-0.05, 0) is 147 Å². The van der Waals surface area contributed by atoms with Gasteiger partial charge < -0.3 is 65.4 Å². The van der Waals surface area contributed by atoms with Gasteiger partial charge in [-0.25, -0.2) is 0 Å². The number of β-amino-alcohol motifs (C(OH)–C–C–N with tert-alkyl or cyclic N) is 1. The molecule has 7 amide bonds. The Hall–Kier alpha value is -8.91. The fourth-order valence-electron chi connectivity index (χ4n) is 17.2. The number of likely N-dealkylation sites (tertiary alicyclic amines) is 3. The van der Waals surface area contributed by atoms with Crippen LogP contribution in [0.3, 0.4) is 0 Å². The molecule has 3 aromatic heterocycles. The minimum Gasteiger partial charge on any atom is -0.395 e. The van der Waals surface area contributed by atoms with Gasteiger partial charge in [-0.1, -0.05) is 190 Å². The van der Waals surface area contributed by atoms with Gasteiger partial charge in [0.15, 0.2) is 0 Å². The first-order valence-electron chi connectivity index (χ1n) is 40.6. The zero-order valence-corrected chi connectivity index (χ0v) is 77.5. The van der Waals surface area contributed by atoms with E-state index in [1.165, 1.54) is 35.3 Å². The monoisotopic (exact) mass is 1970 g/mol. The lowest BCUT2D eigenvalue weighted by atomic mass is 9.90. The van der Waals surface area contributed by atoms with Crippen LogP contribution < -0.4 is 10.6 Å². The van der Waals surface area contributed by atoms with E-state index in [9.17, 15) is 48.9 Å². The molecular weight excluding hydrogens is 1890 g/mol. The number of aromatic nitrogens is 3. The van der Waals surface area contributed by atoms with Crippen molar-refractivity contribution in [1.29, 1.82) is 0 Å². The molecule has 0 radical (unpaired) electrons. The summed E-state index contributed by atoms with van der Waals surface area (Å²) in [5.74, 6) is -1.15. The molecule has 5 saturated heterocycles. The third-order valence-corrected chi connectivity index (χ3v) is 29.9. The summed E-state index contributed by atoms with van der Waals surface area (Å²) in [6.07, 6.45) is 4.60. The largest absolute Gasteiger partial charge is 0.395 e. The van der Waals surface area contributed by atoms with Crippen molar-refractivity contribution >= 4 is 192 Å².